The van der Waals surface area contributed by atoms with Gasteiger partial charge in [-0.3, -0.25) is 0 Å². The van der Waals surface area contributed by atoms with Crippen molar-refractivity contribution in [1.29, 1.82) is 0 Å². The smallest absolute Gasteiger partial charge is 0.123 e. The van der Waals surface area contributed by atoms with Crippen molar-refractivity contribution < 1.29 is 4.74 Å². The topological polar surface area (TPSA) is 21.3 Å². The second-order valence-corrected chi connectivity index (χ2v) is 5.18. The van der Waals surface area contributed by atoms with E-state index in [1.54, 1.807) is 7.11 Å². The van der Waals surface area contributed by atoms with E-state index in [9.17, 15) is 0 Å². The third kappa shape index (κ3) is 3.14. The Morgan fingerprint density at radius 2 is 2.24 bits per heavy atom. The summed E-state index contributed by atoms with van der Waals surface area (Å²) in [6.45, 7) is 3.24. The Morgan fingerprint density at radius 1 is 1.41 bits per heavy atom. The maximum Gasteiger partial charge on any atom is 0.123 e. The fourth-order valence-corrected chi connectivity index (χ4v) is 2.73. The van der Waals surface area contributed by atoms with E-state index in [1.165, 1.54) is 30.4 Å². The van der Waals surface area contributed by atoms with Crippen LogP contribution in [0.2, 0.25) is 5.02 Å². The van der Waals surface area contributed by atoms with Gasteiger partial charge in [0.1, 0.15) is 5.75 Å². The number of benzene rings is 1. The molecule has 17 heavy (non-hydrogen) atoms. The van der Waals surface area contributed by atoms with E-state index in [1.807, 2.05) is 6.07 Å². The van der Waals surface area contributed by atoms with Gasteiger partial charge < -0.3 is 10.1 Å². The normalized spacial score (nSPS) is 20.3. The molecule has 1 aromatic carbocycles. The first-order chi connectivity index (χ1) is 8.20. The van der Waals surface area contributed by atoms with Crippen LogP contribution < -0.4 is 10.1 Å². The first-order valence-corrected chi connectivity index (χ1v) is 6.65. The number of piperidine rings is 1. The summed E-state index contributed by atoms with van der Waals surface area (Å²) in [6.07, 6.45) is 4.93. The predicted molar refractivity (Wildman–Crippen MR) is 72.1 cm³/mol. The van der Waals surface area contributed by atoms with E-state index in [0.717, 1.165) is 23.7 Å². The molecule has 1 N–H and O–H groups in total. The zero-order valence-electron chi connectivity index (χ0n) is 10.6. The van der Waals surface area contributed by atoms with Crippen molar-refractivity contribution in [1.82, 2.24) is 5.32 Å². The molecular weight excluding hydrogens is 234 g/mol. The van der Waals surface area contributed by atoms with Gasteiger partial charge in [-0.15, -0.1) is 0 Å². The third-order valence-electron chi connectivity index (χ3n) is 3.53. The molecule has 1 unspecified atom stereocenters. The molecule has 1 atom stereocenters. The van der Waals surface area contributed by atoms with E-state index in [4.69, 9.17) is 16.3 Å². The summed E-state index contributed by atoms with van der Waals surface area (Å²) in [5.41, 5.74) is 2.51. The number of ether oxygens (including phenoxy) is 1. The average molecular weight is 254 g/mol. The molecule has 0 bridgehead atoms. The highest BCUT2D eigenvalue weighted by molar-refractivity contribution is 6.30. The zero-order valence-corrected chi connectivity index (χ0v) is 11.3. The summed E-state index contributed by atoms with van der Waals surface area (Å²) in [6, 6.07) is 4.54. The lowest BCUT2D eigenvalue weighted by Gasteiger charge is -2.24. The Balaban J connectivity index is 2.16. The molecular formula is C14H20ClNO. The first kappa shape index (κ1) is 12.7. The maximum absolute atomic E-state index is 6.12. The largest absolute Gasteiger partial charge is 0.496 e. The lowest BCUT2D eigenvalue weighted by atomic mass is 9.95. The van der Waals surface area contributed by atoms with Crippen LogP contribution in [0.4, 0.5) is 0 Å². The van der Waals surface area contributed by atoms with Crippen LogP contribution in [0.5, 0.6) is 5.75 Å². The number of hydrogen-bond acceptors (Lipinski definition) is 2. The third-order valence-corrected chi connectivity index (χ3v) is 3.75. The van der Waals surface area contributed by atoms with Gasteiger partial charge in [-0.2, -0.15) is 0 Å². The molecule has 0 aliphatic carbocycles. The molecule has 0 amide bonds. The molecule has 0 aromatic heterocycles. The molecule has 1 aromatic rings. The first-order valence-electron chi connectivity index (χ1n) is 6.27. The van der Waals surface area contributed by atoms with Gasteiger partial charge in [0.25, 0.3) is 0 Å². The highest BCUT2D eigenvalue weighted by Gasteiger charge is 2.15. The van der Waals surface area contributed by atoms with Gasteiger partial charge in [-0.05, 0) is 56.0 Å². The summed E-state index contributed by atoms with van der Waals surface area (Å²) in [7, 11) is 1.70. The van der Waals surface area contributed by atoms with Crippen molar-refractivity contribution in [2.75, 3.05) is 13.7 Å². The Kier molecular flexibility index (Phi) is 4.30. The van der Waals surface area contributed by atoms with Gasteiger partial charge in [0.2, 0.25) is 0 Å². The lowest BCUT2D eigenvalue weighted by Crippen LogP contribution is -2.35. The number of halogens is 1. The number of methoxy groups -OCH3 is 1. The number of hydrogen-bond donors (Lipinski definition) is 1. The number of rotatable bonds is 3. The van der Waals surface area contributed by atoms with Crippen LogP contribution in [0, 0.1) is 6.92 Å². The summed E-state index contributed by atoms with van der Waals surface area (Å²) >= 11 is 6.12. The van der Waals surface area contributed by atoms with Gasteiger partial charge in [-0.1, -0.05) is 18.0 Å². The highest BCUT2D eigenvalue weighted by atomic mass is 35.5. The van der Waals surface area contributed by atoms with Gasteiger partial charge in [0.05, 0.1) is 7.11 Å². The molecule has 1 aliphatic heterocycles. The second kappa shape index (κ2) is 5.74. The molecule has 2 nitrogen and oxygen atoms in total. The minimum Gasteiger partial charge on any atom is -0.496 e. The summed E-state index contributed by atoms with van der Waals surface area (Å²) in [5.74, 6) is 0.892. The van der Waals surface area contributed by atoms with Crippen molar-refractivity contribution in [3.8, 4) is 5.75 Å². The molecule has 1 saturated heterocycles. The maximum atomic E-state index is 6.12. The Bertz CT molecular complexity index is 386. The van der Waals surface area contributed by atoms with E-state index >= 15 is 0 Å². The molecule has 1 heterocycles. The van der Waals surface area contributed by atoms with Crippen LogP contribution in [0.25, 0.3) is 0 Å². The van der Waals surface area contributed by atoms with E-state index < -0.39 is 0 Å². The fourth-order valence-electron chi connectivity index (χ4n) is 2.50. The summed E-state index contributed by atoms with van der Waals surface area (Å²) < 4.78 is 5.35. The van der Waals surface area contributed by atoms with Crippen LogP contribution in [-0.2, 0) is 6.42 Å². The number of nitrogens with one attached hydrogen (secondary N) is 1. The Morgan fingerprint density at radius 3 is 2.88 bits per heavy atom. The van der Waals surface area contributed by atoms with Crippen LogP contribution in [0.15, 0.2) is 12.1 Å². The SMILES string of the molecule is COc1cc(Cl)cc(CC2CCCCN2)c1C. The molecule has 3 heteroatoms. The van der Waals surface area contributed by atoms with Gasteiger partial charge in [0, 0.05) is 11.1 Å². The standard InChI is InChI=1S/C14H20ClNO/c1-10-11(7-12(15)9-14(10)17-2)8-13-5-3-4-6-16-13/h7,9,13,16H,3-6,8H2,1-2H3. The summed E-state index contributed by atoms with van der Waals surface area (Å²) in [5, 5.41) is 4.33. The second-order valence-electron chi connectivity index (χ2n) is 4.74. The van der Waals surface area contributed by atoms with Gasteiger partial charge in [-0.25, -0.2) is 0 Å². The van der Waals surface area contributed by atoms with Crippen molar-refractivity contribution in [2.45, 2.75) is 38.6 Å². The lowest BCUT2D eigenvalue weighted by molar-refractivity contribution is 0.394. The van der Waals surface area contributed by atoms with Crippen molar-refractivity contribution in [2.24, 2.45) is 0 Å². The van der Waals surface area contributed by atoms with Crippen LogP contribution in [0.1, 0.15) is 30.4 Å². The van der Waals surface area contributed by atoms with Crippen LogP contribution in [-0.4, -0.2) is 19.7 Å². The Labute approximate surface area is 108 Å². The molecule has 0 saturated carbocycles. The molecule has 0 spiro atoms. The van der Waals surface area contributed by atoms with E-state index in [-0.39, 0.29) is 0 Å². The highest BCUT2D eigenvalue weighted by Crippen LogP contribution is 2.28. The zero-order chi connectivity index (χ0) is 12.3. The van der Waals surface area contributed by atoms with Crippen LogP contribution in [0.3, 0.4) is 0 Å². The minimum absolute atomic E-state index is 0.589. The quantitative estimate of drug-likeness (QED) is 0.892. The van der Waals surface area contributed by atoms with E-state index in [2.05, 4.69) is 18.3 Å². The predicted octanol–water partition coefficient (Wildman–Crippen LogP) is 3.34. The van der Waals surface area contributed by atoms with Crippen molar-refractivity contribution in [3.63, 3.8) is 0 Å². The Hall–Kier alpha value is -0.730. The minimum atomic E-state index is 0.589. The molecule has 94 valence electrons. The van der Waals surface area contributed by atoms with Crippen molar-refractivity contribution in [3.05, 3.63) is 28.3 Å². The van der Waals surface area contributed by atoms with Gasteiger partial charge in [0.15, 0.2) is 0 Å². The molecule has 0 radical (unpaired) electrons. The van der Waals surface area contributed by atoms with Crippen LogP contribution >= 0.6 is 11.6 Å². The van der Waals surface area contributed by atoms with Crippen molar-refractivity contribution >= 4 is 11.6 Å². The van der Waals surface area contributed by atoms with E-state index in [0.29, 0.717) is 6.04 Å². The average Bonchev–Trinajstić information content (AvgIpc) is 2.34. The fraction of sp³-hybridized carbons (Fsp3) is 0.571. The monoisotopic (exact) mass is 253 g/mol. The summed E-state index contributed by atoms with van der Waals surface area (Å²) in [4.78, 5) is 0. The molecule has 1 fully saturated rings. The molecule has 1 aliphatic rings. The molecule has 2 rings (SSSR count). The van der Waals surface area contributed by atoms with Gasteiger partial charge >= 0.3 is 0 Å².